The van der Waals surface area contributed by atoms with Gasteiger partial charge >= 0.3 is 0 Å². The van der Waals surface area contributed by atoms with Crippen molar-refractivity contribution in [3.63, 3.8) is 0 Å². The number of nitrogens with zero attached hydrogens (tertiary/aromatic N) is 3. The number of aromatic nitrogens is 1. The first-order chi connectivity index (χ1) is 17.8. The first-order valence-electron chi connectivity index (χ1n) is 13.7. The van der Waals surface area contributed by atoms with Gasteiger partial charge in [0.15, 0.2) is 0 Å². The van der Waals surface area contributed by atoms with E-state index in [1.165, 1.54) is 6.92 Å². The third-order valence-corrected chi connectivity index (χ3v) is 8.98. The normalized spacial score (nSPS) is 32.4. The molecule has 0 spiro atoms. The standard InChI is InChI=1S/C29H37N5O3/c1-18-17-33(24-8-6-23(7-9-24)30-19(2)35)10-11-34(18)26-5-3-4-25(31-26)28(36)32-27-21-12-20-13-22(27)16-29(37,14-20)15-21/h3-9,18,20-22,27,37H,10-17H2,1-2H3,(H,30,35)(H,32,36)/t18-,20?,21?,22?,27?,29?/m1/s1. The van der Waals surface area contributed by atoms with Crippen LogP contribution in [0.15, 0.2) is 42.5 Å². The van der Waals surface area contributed by atoms with Gasteiger partial charge in [-0.1, -0.05) is 6.07 Å². The second-order valence-corrected chi connectivity index (χ2v) is 11.8. The van der Waals surface area contributed by atoms with Gasteiger partial charge in [-0.05, 0) is 93.2 Å². The summed E-state index contributed by atoms with van der Waals surface area (Å²) in [5, 5.41) is 17.0. The van der Waals surface area contributed by atoms with Crippen molar-refractivity contribution >= 4 is 29.0 Å². The van der Waals surface area contributed by atoms with Gasteiger partial charge in [-0.15, -0.1) is 0 Å². The van der Waals surface area contributed by atoms with Crippen LogP contribution in [-0.2, 0) is 4.79 Å². The van der Waals surface area contributed by atoms with Crippen LogP contribution < -0.4 is 20.4 Å². The van der Waals surface area contributed by atoms with E-state index in [1.807, 2.05) is 36.4 Å². The van der Waals surface area contributed by atoms with Crippen LogP contribution in [0.1, 0.15) is 56.4 Å². The minimum absolute atomic E-state index is 0.0741. The van der Waals surface area contributed by atoms with Crippen LogP contribution in [0.4, 0.5) is 17.2 Å². The number of carbonyl (C=O) groups excluding carboxylic acids is 2. The molecular weight excluding hydrogens is 466 g/mol. The molecule has 2 amide bonds. The maximum absolute atomic E-state index is 13.3. The van der Waals surface area contributed by atoms with Gasteiger partial charge in [-0.3, -0.25) is 9.59 Å². The lowest BCUT2D eigenvalue weighted by molar-refractivity contribution is -0.137. The topological polar surface area (TPSA) is 97.8 Å². The van der Waals surface area contributed by atoms with Gasteiger partial charge in [-0.25, -0.2) is 4.98 Å². The van der Waals surface area contributed by atoms with Crippen LogP contribution in [0.5, 0.6) is 0 Å². The summed E-state index contributed by atoms with van der Waals surface area (Å²) < 4.78 is 0. The summed E-state index contributed by atoms with van der Waals surface area (Å²) in [6.07, 6.45) is 4.81. The molecule has 5 fully saturated rings. The summed E-state index contributed by atoms with van der Waals surface area (Å²) in [5.41, 5.74) is 1.89. The number of hydrogen-bond acceptors (Lipinski definition) is 6. The molecule has 1 aromatic carbocycles. The Morgan fingerprint density at radius 3 is 2.41 bits per heavy atom. The van der Waals surface area contributed by atoms with Gasteiger partial charge in [0, 0.05) is 50.0 Å². The monoisotopic (exact) mass is 503 g/mol. The van der Waals surface area contributed by atoms with Crippen LogP contribution in [0.25, 0.3) is 0 Å². The Morgan fingerprint density at radius 2 is 1.76 bits per heavy atom. The highest BCUT2D eigenvalue weighted by atomic mass is 16.3. The molecule has 4 aliphatic carbocycles. The average Bonchev–Trinajstić information content (AvgIpc) is 2.85. The van der Waals surface area contributed by atoms with E-state index in [-0.39, 0.29) is 23.9 Å². The Balaban J connectivity index is 1.10. The van der Waals surface area contributed by atoms with Crippen LogP contribution in [0.3, 0.4) is 0 Å². The van der Waals surface area contributed by atoms with E-state index in [9.17, 15) is 14.7 Å². The predicted molar refractivity (Wildman–Crippen MR) is 144 cm³/mol. The Labute approximate surface area is 218 Å². The minimum atomic E-state index is -0.498. The van der Waals surface area contributed by atoms with Crippen molar-refractivity contribution in [3.8, 4) is 0 Å². The molecule has 8 heteroatoms. The number of amides is 2. The van der Waals surface area contributed by atoms with E-state index < -0.39 is 5.60 Å². The molecule has 1 aliphatic heterocycles. The summed E-state index contributed by atoms with van der Waals surface area (Å²) in [4.78, 5) is 34.0. The van der Waals surface area contributed by atoms with Crippen LogP contribution in [0.2, 0.25) is 0 Å². The lowest BCUT2D eigenvalue weighted by Crippen LogP contribution is -2.61. The summed E-state index contributed by atoms with van der Waals surface area (Å²) in [6.45, 7) is 6.19. The largest absolute Gasteiger partial charge is 0.390 e. The number of piperazine rings is 1. The fourth-order valence-electron chi connectivity index (χ4n) is 7.64. The highest BCUT2D eigenvalue weighted by Crippen LogP contribution is 2.55. The predicted octanol–water partition coefficient (Wildman–Crippen LogP) is 3.42. The SMILES string of the molecule is CC(=O)Nc1ccc(N2CCN(c3cccc(C(=O)NC4C5CC6CC4CC(O)(C6)C5)n3)[C@H](C)C2)cc1. The van der Waals surface area contributed by atoms with Crippen LogP contribution in [-0.4, -0.2) is 59.2 Å². The van der Waals surface area contributed by atoms with Crippen molar-refractivity contribution in [1.29, 1.82) is 0 Å². The van der Waals surface area contributed by atoms with Gasteiger partial charge < -0.3 is 25.5 Å². The van der Waals surface area contributed by atoms with Gasteiger partial charge in [0.1, 0.15) is 11.5 Å². The maximum atomic E-state index is 13.3. The lowest BCUT2D eigenvalue weighted by atomic mass is 9.52. The van der Waals surface area contributed by atoms with E-state index >= 15 is 0 Å². The fourth-order valence-corrected chi connectivity index (χ4v) is 7.64. The highest BCUT2D eigenvalue weighted by molar-refractivity contribution is 5.93. The molecule has 37 heavy (non-hydrogen) atoms. The second kappa shape index (κ2) is 9.31. The molecule has 5 aliphatic rings. The molecule has 0 radical (unpaired) electrons. The molecule has 196 valence electrons. The number of pyridine rings is 1. The Bertz CT molecular complexity index is 1170. The highest BCUT2D eigenvalue weighted by Gasteiger charge is 2.55. The number of benzene rings is 1. The van der Waals surface area contributed by atoms with E-state index in [4.69, 9.17) is 4.98 Å². The molecule has 2 heterocycles. The molecular formula is C29H37N5O3. The molecule has 3 atom stereocenters. The minimum Gasteiger partial charge on any atom is -0.390 e. The average molecular weight is 504 g/mol. The van der Waals surface area contributed by atoms with Crippen molar-refractivity contribution in [2.24, 2.45) is 17.8 Å². The van der Waals surface area contributed by atoms with Crippen LogP contribution >= 0.6 is 0 Å². The molecule has 1 saturated heterocycles. The first-order valence-corrected chi connectivity index (χ1v) is 13.7. The molecule has 8 nitrogen and oxygen atoms in total. The third kappa shape index (κ3) is 4.79. The van der Waals surface area contributed by atoms with Gasteiger partial charge in [0.25, 0.3) is 5.91 Å². The molecule has 4 bridgehead atoms. The van der Waals surface area contributed by atoms with E-state index in [2.05, 4.69) is 27.4 Å². The Morgan fingerprint density at radius 1 is 1.03 bits per heavy atom. The summed E-state index contributed by atoms with van der Waals surface area (Å²) in [5.74, 6) is 2.03. The Hall–Kier alpha value is -3.13. The molecule has 1 aromatic heterocycles. The first kappa shape index (κ1) is 24.2. The van der Waals surface area contributed by atoms with E-state index in [0.29, 0.717) is 23.4 Å². The molecule has 3 N–H and O–H groups in total. The van der Waals surface area contributed by atoms with Gasteiger partial charge in [-0.2, -0.15) is 0 Å². The smallest absolute Gasteiger partial charge is 0.270 e. The number of nitrogens with one attached hydrogen (secondary N) is 2. The molecule has 2 unspecified atom stereocenters. The van der Waals surface area contributed by atoms with Gasteiger partial charge in [0.2, 0.25) is 5.91 Å². The Kier molecular flexibility index (Phi) is 6.10. The van der Waals surface area contributed by atoms with Crippen molar-refractivity contribution in [2.75, 3.05) is 34.8 Å². The van der Waals surface area contributed by atoms with E-state index in [0.717, 1.165) is 68.9 Å². The number of hydrogen-bond donors (Lipinski definition) is 3. The van der Waals surface area contributed by atoms with Crippen molar-refractivity contribution in [3.05, 3.63) is 48.2 Å². The van der Waals surface area contributed by atoms with Crippen molar-refractivity contribution in [2.45, 2.75) is 63.6 Å². The molecule has 2 aromatic rings. The maximum Gasteiger partial charge on any atom is 0.270 e. The molecule has 4 saturated carbocycles. The summed E-state index contributed by atoms with van der Waals surface area (Å²) in [6, 6.07) is 14.0. The zero-order valence-corrected chi connectivity index (χ0v) is 21.7. The second-order valence-electron chi connectivity index (χ2n) is 11.8. The zero-order chi connectivity index (χ0) is 25.7. The zero-order valence-electron chi connectivity index (χ0n) is 21.7. The van der Waals surface area contributed by atoms with E-state index in [1.54, 1.807) is 6.07 Å². The number of rotatable bonds is 5. The molecule has 7 rings (SSSR count). The van der Waals surface area contributed by atoms with Crippen molar-refractivity contribution in [1.82, 2.24) is 10.3 Å². The van der Waals surface area contributed by atoms with Crippen molar-refractivity contribution < 1.29 is 14.7 Å². The fraction of sp³-hybridized carbons (Fsp3) is 0.552. The number of anilines is 3. The van der Waals surface area contributed by atoms with Gasteiger partial charge in [0.05, 0.1) is 5.60 Å². The van der Waals surface area contributed by atoms with Crippen LogP contribution in [0, 0.1) is 17.8 Å². The number of carbonyl (C=O) groups is 2. The number of aliphatic hydroxyl groups is 1. The lowest BCUT2D eigenvalue weighted by Gasteiger charge is -2.58. The third-order valence-electron chi connectivity index (χ3n) is 8.98. The quantitative estimate of drug-likeness (QED) is 0.579. The summed E-state index contributed by atoms with van der Waals surface area (Å²) >= 11 is 0. The summed E-state index contributed by atoms with van der Waals surface area (Å²) in [7, 11) is 0.